The SMILES string of the molecule is CCOc1cc(C=C2C(=O)c3ccccc3C2=O)ccc1OC(C)C(=O)O. The monoisotopic (exact) mass is 366 g/mol. The number of carboxylic acid groups (broad SMARTS) is 1. The van der Waals surface area contributed by atoms with Gasteiger partial charge in [-0.3, -0.25) is 9.59 Å². The molecule has 0 aromatic heterocycles. The third-order valence-electron chi connectivity index (χ3n) is 4.14. The van der Waals surface area contributed by atoms with Gasteiger partial charge in [0, 0.05) is 11.1 Å². The molecule has 2 aromatic carbocycles. The van der Waals surface area contributed by atoms with Gasteiger partial charge in [-0.2, -0.15) is 0 Å². The van der Waals surface area contributed by atoms with Crippen molar-refractivity contribution < 1.29 is 29.0 Å². The van der Waals surface area contributed by atoms with Crippen molar-refractivity contribution in [3.63, 3.8) is 0 Å². The zero-order valence-electron chi connectivity index (χ0n) is 14.9. The van der Waals surface area contributed by atoms with Crippen LogP contribution in [-0.2, 0) is 4.79 Å². The van der Waals surface area contributed by atoms with Crippen molar-refractivity contribution in [3.05, 3.63) is 64.7 Å². The number of aliphatic carboxylic acids is 1. The second-order valence-corrected chi connectivity index (χ2v) is 6.00. The lowest BCUT2D eigenvalue weighted by molar-refractivity contribution is -0.144. The summed E-state index contributed by atoms with van der Waals surface area (Å²) in [4.78, 5) is 36.0. The van der Waals surface area contributed by atoms with Gasteiger partial charge in [-0.25, -0.2) is 4.79 Å². The van der Waals surface area contributed by atoms with Crippen LogP contribution < -0.4 is 9.47 Å². The number of hydrogen-bond donors (Lipinski definition) is 1. The van der Waals surface area contributed by atoms with Gasteiger partial charge in [0.1, 0.15) is 0 Å². The fourth-order valence-electron chi connectivity index (χ4n) is 2.79. The molecule has 0 amide bonds. The van der Waals surface area contributed by atoms with Gasteiger partial charge in [-0.15, -0.1) is 0 Å². The average molecular weight is 366 g/mol. The first-order chi connectivity index (χ1) is 12.9. The molecular weight excluding hydrogens is 348 g/mol. The van der Waals surface area contributed by atoms with Crippen LogP contribution in [-0.4, -0.2) is 35.4 Å². The number of rotatable bonds is 6. The molecule has 0 fully saturated rings. The third-order valence-corrected chi connectivity index (χ3v) is 4.14. The van der Waals surface area contributed by atoms with Crippen LogP contribution in [0.1, 0.15) is 40.1 Å². The van der Waals surface area contributed by atoms with E-state index in [9.17, 15) is 14.4 Å². The Labute approximate surface area is 156 Å². The molecule has 0 aliphatic heterocycles. The number of carbonyl (C=O) groups excluding carboxylic acids is 2. The van der Waals surface area contributed by atoms with Crippen LogP contribution in [0.2, 0.25) is 0 Å². The van der Waals surface area contributed by atoms with E-state index in [1.54, 1.807) is 49.4 Å². The number of carbonyl (C=O) groups is 3. The first-order valence-corrected chi connectivity index (χ1v) is 8.48. The minimum absolute atomic E-state index is 0.0891. The van der Waals surface area contributed by atoms with Crippen LogP contribution in [0.25, 0.3) is 6.08 Å². The lowest BCUT2D eigenvalue weighted by Crippen LogP contribution is -2.23. The molecule has 6 heteroatoms. The summed E-state index contributed by atoms with van der Waals surface area (Å²) in [6.45, 7) is 3.55. The molecule has 27 heavy (non-hydrogen) atoms. The summed E-state index contributed by atoms with van der Waals surface area (Å²) in [5.41, 5.74) is 1.47. The molecule has 3 rings (SSSR count). The van der Waals surface area contributed by atoms with Crippen molar-refractivity contribution in [3.8, 4) is 11.5 Å². The van der Waals surface area contributed by atoms with E-state index in [2.05, 4.69) is 0 Å². The number of hydrogen-bond acceptors (Lipinski definition) is 5. The zero-order chi connectivity index (χ0) is 19.6. The molecule has 0 saturated carbocycles. The molecule has 1 unspecified atom stereocenters. The zero-order valence-corrected chi connectivity index (χ0v) is 14.9. The molecule has 0 heterocycles. The molecule has 6 nitrogen and oxygen atoms in total. The van der Waals surface area contributed by atoms with Crippen molar-refractivity contribution in [1.29, 1.82) is 0 Å². The maximum Gasteiger partial charge on any atom is 0.344 e. The Morgan fingerprint density at radius 2 is 1.70 bits per heavy atom. The molecule has 0 saturated heterocycles. The van der Waals surface area contributed by atoms with E-state index in [4.69, 9.17) is 14.6 Å². The highest BCUT2D eigenvalue weighted by Crippen LogP contribution is 2.32. The lowest BCUT2D eigenvalue weighted by Gasteiger charge is -2.15. The highest BCUT2D eigenvalue weighted by molar-refractivity contribution is 6.41. The van der Waals surface area contributed by atoms with E-state index in [0.717, 1.165) is 0 Å². The molecule has 1 N–H and O–H groups in total. The van der Waals surface area contributed by atoms with E-state index in [1.807, 2.05) is 0 Å². The smallest absolute Gasteiger partial charge is 0.344 e. The standard InChI is InChI=1S/C21H18O6/c1-3-26-18-11-13(8-9-17(18)27-12(2)21(24)25)10-16-19(22)14-6-4-5-7-15(14)20(16)23/h4-12H,3H2,1-2H3,(H,24,25). The van der Waals surface area contributed by atoms with Crippen molar-refractivity contribution in [2.45, 2.75) is 20.0 Å². The van der Waals surface area contributed by atoms with Gasteiger partial charge in [-0.05, 0) is 37.6 Å². The average Bonchev–Trinajstić information content (AvgIpc) is 2.89. The highest BCUT2D eigenvalue weighted by atomic mass is 16.5. The Morgan fingerprint density at radius 1 is 1.07 bits per heavy atom. The molecule has 1 atom stereocenters. The molecule has 1 aliphatic rings. The molecule has 2 aromatic rings. The lowest BCUT2D eigenvalue weighted by atomic mass is 10.1. The molecule has 0 radical (unpaired) electrons. The maximum absolute atomic E-state index is 12.5. The van der Waals surface area contributed by atoms with Crippen molar-refractivity contribution in [2.24, 2.45) is 0 Å². The minimum Gasteiger partial charge on any atom is -0.490 e. The molecule has 0 spiro atoms. The van der Waals surface area contributed by atoms with Gasteiger partial charge in [0.15, 0.2) is 29.2 Å². The van der Waals surface area contributed by atoms with Gasteiger partial charge < -0.3 is 14.6 Å². The Morgan fingerprint density at radius 3 is 2.26 bits per heavy atom. The molecular formula is C21H18O6. The van der Waals surface area contributed by atoms with Crippen LogP contribution >= 0.6 is 0 Å². The highest BCUT2D eigenvalue weighted by Gasteiger charge is 2.32. The van der Waals surface area contributed by atoms with Crippen LogP contribution in [0.5, 0.6) is 11.5 Å². The topological polar surface area (TPSA) is 89.9 Å². The Hall–Kier alpha value is -3.41. The fraction of sp³-hybridized carbons (Fsp3) is 0.190. The Balaban J connectivity index is 1.95. The number of carboxylic acids is 1. The van der Waals surface area contributed by atoms with Crippen LogP contribution in [0.4, 0.5) is 0 Å². The molecule has 138 valence electrons. The van der Waals surface area contributed by atoms with Crippen LogP contribution in [0.15, 0.2) is 48.0 Å². The number of ether oxygens (including phenoxy) is 2. The fourth-order valence-corrected chi connectivity index (χ4v) is 2.79. The third kappa shape index (κ3) is 3.60. The first kappa shape index (κ1) is 18.4. The largest absolute Gasteiger partial charge is 0.490 e. The molecule has 1 aliphatic carbocycles. The summed E-state index contributed by atoms with van der Waals surface area (Å²) >= 11 is 0. The van der Waals surface area contributed by atoms with Gasteiger partial charge in [0.05, 0.1) is 12.2 Å². The normalized spacial score (nSPS) is 13.9. The maximum atomic E-state index is 12.5. The quantitative estimate of drug-likeness (QED) is 0.622. The summed E-state index contributed by atoms with van der Waals surface area (Å²) in [5.74, 6) is -1.10. The summed E-state index contributed by atoms with van der Waals surface area (Å²) in [6, 6.07) is 11.5. The summed E-state index contributed by atoms with van der Waals surface area (Å²) in [7, 11) is 0. The van der Waals surface area contributed by atoms with E-state index in [0.29, 0.717) is 29.0 Å². The van der Waals surface area contributed by atoms with Gasteiger partial charge in [-0.1, -0.05) is 30.3 Å². The Bertz CT molecular complexity index is 920. The second-order valence-electron chi connectivity index (χ2n) is 6.00. The van der Waals surface area contributed by atoms with Crippen molar-refractivity contribution >= 4 is 23.6 Å². The van der Waals surface area contributed by atoms with E-state index in [-0.39, 0.29) is 22.9 Å². The molecule has 0 bridgehead atoms. The van der Waals surface area contributed by atoms with E-state index >= 15 is 0 Å². The number of Topliss-reactive ketones (excluding diaryl/α,β-unsaturated/α-hetero) is 2. The Kier molecular flexibility index (Phi) is 5.07. The van der Waals surface area contributed by atoms with Gasteiger partial charge in [0.2, 0.25) is 0 Å². The predicted octanol–water partition coefficient (Wildman–Crippen LogP) is 3.40. The number of benzene rings is 2. The van der Waals surface area contributed by atoms with Gasteiger partial charge >= 0.3 is 5.97 Å². The number of fused-ring (bicyclic) bond motifs is 1. The van der Waals surface area contributed by atoms with Crippen molar-refractivity contribution in [2.75, 3.05) is 6.61 Å². The van der Waals surface area contributed by atoms with E-state index < -0.39 is 12.1 Å². The van der Waals surface area contributed by atoms with Gasteiger partial charge in [0.25, 0.3) is 0 Å². The summed E-state index contributed by atoms with van der Waals surface area (Å²) in [5, 5.41) is 9.00. The van der Waals surface area contributed by atoms with Crippen LogP contribution in [0.3, 0.4) is 0 Å². The predicted molar refractivity (Wildman–Crippen MR) is 98.4 cm³/mol. The second kappa shape index (κ2) is 7.45. The number of allylic oxidation sites excluding steroid dienone is 1. The first-order valence-electron chi connectivity index (χ1n) is 8.48. The summed E-state index contributed by atoms with van der Waals surface area (Å²) in [6.07, 6.45) is 0.471. The number of ketones is 2. The minimum atomic E-state index is -1.09. The van der Waals surface area contributed by atoms with E-state index in [1.165, 1.54) is 13.0 Å². The van der Waals surface area contributed by atoms with Crippen molar-refractivity contribution in [1.82, 2.24) is 0 Å². The van der Waals surface area contributed by atoms with Crippen LogP contribution in [0, 0.1) is 0 Å². The summed E-state index contributed by atoms with van der Waals surface area (Å²) < 4.78 is 10.9.